The Morgan fingerprint density at radius 1 is 1.10 bits per heavy atom. The largest absolute Gasteiger partial charge is 0.494 e. The molecule has 21 heavy (non-hydrogen) atoms. The second kappa shape index (κ2) is 6.83. The minimum atomic E-state index is 0.168. The molecule has 1 aliphatic carbocycles. The number of ether oxygens (including phenoxy) is 1. The van der Waals surface area contributed by atoms with Gasteiger partial charge in [0.05, 0.1) is 6.61 Å². The third-order valence-electron chi connectivity index (χ3n) is 5.08. The molecule has 0 aliphatic heterocycles. The van der Waals surface area contributed by atoms with Gasteiger partial charge < -0.3 is 10.5 Å². The van der Waals surface area contributed by atoms with Gasteiger partial charge in [-0.15, -0.1) is 0 Å². The van der Waals surface area contributed by atoms with Gasteiger partial charge in [0.15, 0.2) is 0 Å². The number of hydrogen-bond donors (Lipinski definition) is 1. The van der Waals surface area contributed by atoms with Crippen LogP contribution < -0.4 is 10.5 Å². The van der Waals surface area contributed by atoms with Gasteiger partial charge in [-0.3, -0.25) is 0 Å². The first-order chi connectivity index (χ1) is 9.91. The Labute approximate surface area is 130 Å². The van der Waals surface area contributed by atoms with Crippen molar-refractivity contribution in [1.82, 2.24) is 0 Å². The van der Waals surface area contributed by atoms with Crippen LogP contribution in [0, 0.1) is 17.3 Å². The molecule has 2 heteroatoms. The van der Waals surface area contributed by atoms with Gasteiger partial charge >= 0.3 is 0 Å². The molecule has 1 atom stereocenters. The third-order valence-corrected chi connectivity index (χ3v) is 5.08. The number of nitrogens with two attached hydrogens (primary N) is 1. The zero-order valence-electron chi connectivity index (χ0n) is 14.1. The second-order valence-corrected chi connectivity index (χ2v) is 7.51. The number of rotatable bonds is 4. The van der Waals surface area contributed by atoms with Crippen LogP contribution in [-0.4, -0.2) is 6.61 Å². The van der Waals surface area contributed by atoms with Crippen LogP contribution in [0.2, 0.25) is 0 Å². The lowest BCUT2D eigenvalue weighted by molar-refractivity contribution is 0.139. The smallest absolute Gasteiger partial charge is 0.119 e. The van der Waals surface area contributed by atoms with Crippen molar-refractivity contribution in [2.75, 3.05) is 6.61 Å². The normalized spacial score (nSPS) is 24.6. The summed E-state index contributed by atoms with van der Waals surface area (Å²) in [5, 5.41) is 0. The molecule has 0 aromatic heterocycles. The SMILES string of the molecule is CCOc1ccc(C(N)C2CCC(C(C)(C)C)CC2)cc1. The van der Waals surface area contributed by atoms with E-state index in [9.17, 15) is 0 Å². The Balaban J connectivity index is 1.93. The van der Waals surface area contributed by atoms with E-state index in [-0.39, 0.29) is 6.04 Å². The summed E-state index contributed by atoms with van der Waals surface area (Å²) in [6.07, 6.45) is 5.16. The van der Waals surface area contributed by atoms with Crippen LogP contribution in [0.15, 0.2) is 24.3 Å². The molecular formula is C19H31NO. The fourth-order valence-corrected chi connectivity index (χ4v) is 3.57. The highest BCUT2D eigenvalue weighted by atomic mass is 16.5. The maximum atomic E-state index is 6.51. The van der Waals surface area contributed by atoms with Crippen LogP contribution in [-0.2, 0) is 0 Å². The predicted octanol–water partition coefficient (Wildman–Crippen LogP) is 4.94. The van der Waals surface area contributed by atoms with Crippen molar-refractivity contribution in [3.63, 3.8) is 0 Å². The van der Waals surface area contributed by atoms with Crippen LogP contribution in [0.4, 0.5) is 0 Å². The Hall–Kier alpha value is -1.02. The molecule has 1 aliphatic rings. The van der Waals surface area contributed by atoms with Gasteiger partial charge in [0.2, 0.25) is 0 Å². The van der Waals surface area contributed by atoms with E-state index in [1.54, 1.807) is 0 Å². The monoisotopic (exact) mass is 289 g/mol. The summed E-state index contributed by atoms with van der Waals surface area (Å²) in [4.78, 5) is 0. The zero-order chi connectivity index (χ0) is 15.5. The molecule has 0 heterocycles. The molecule has 1 aromatic rings. The molecule has 2 nitrogen and oxygen atoms in total. The molecule has 0 saturated heterocycles. The fraction of sp³-hybridized carbons (Fsp3) is 0.684. The topological polar surface area (TPSA) is 35.2 Å². The lowest BCUT2D eigenvalue weighted by atomic mass is 9.68. The summed E-state index contributed by atoms with van der Waals surface area (Å²) in [5.41, 5.74) is 8.19. The molecule has 0 spiro atoms. The quantitative estimate of drug-likeness (QED) is 0.852. The van der Waals surface area contributed by atoms with Crippen molar-refractivity contribution in [3.05, 3.63) is 29.8 Å². The number of benzene rings is 1. The van der Waals surface area contributed by atoms with E-state index in [4.69, 9.17) is 10.5 Å². The molecule has 2 rings (SSSR count). The third kappa shape index (κ3) is 4.23. The van der Waals surface area contributed by atoms with Crippen molar-refractivity contribution < 1.29 is 4.74 Å². The Bertz CT molecular complexity index is 424. The van der Waals surface area contributed by atoms with E-state index >= 15 is 0 Å². The van der Waals surface area contributed by atoms with E-state index in [0.29, 0.717) is 17.9 Å². The van der Waals surface area contributed by atoms with Crippen LogP contribution >= 0.6 is 0 Å². The maximum Gasteiger partial charge on any atom is 0.119 e. The van der Waals surface area contributed by atoms with Gasteiger partial charge in [0.25, 0.3) is 0 Å². The molecule has 1 aromatic carbocycles. The van der Waals surface area contributed by atoms with E-state index in [1.165, 1.54) is 31.2 Å². The highest BCUT2D eigenvalue weighted by Crippen LogP contribution is 2.42. The van der Waals surface area contributed by atoms with E-state index < -0.39 is 0 Å². The van der Waals surface area contributed by atoms with Gasteiger partial charge in [0.1, 0.15) is 5.75 Å². The van der Waals surface area contributed by atoms with E-state index in [1.807, 2.05) is 19.1 Å². The van der Waals surface area contributed by atoms with Gasteiger partial charge in [-0.1, -0.05) is 32.9 Å². The van der Waals surface area contributed by atoms with Crippen molar-refractivity contribution in [3.8, 4) is 5.75 Å². The summed E-state index contributed by atoms with van der Waals surface area (Å²) in [6.45, 7) is 9.81. The van der Waals surface area contributed by atoms with Gasteiger partial charge in [-0.05, 0) is 67.6 Å². The van der Waals surface area contributed by atoms with Crippen LogP contribution in [0.25, 0.3) is 0 Å². The summed E-state index contributed by atoms with van der Waals surface area (Å²) < 4.78 is 5.50. The van der Waals surface area contributed by atoms with Crippen LogP contribution in [0.1, 0.15) is 65.0 Å². The van der Waals surface area contributed by atoms with Crippen molar-refractivity contribution in [1.29, 1.82) is 0 Å². The molecule has 1 saturated carbocycles. The minimum absolute atomic E-state index is 0.168. The standard InChI is InChI=1S/C19H31NO/c1-5-21-17-12-8-15(9-13-17)18(20)14-6-10-16(11-7-14)19(2,3)4/h8-9,12-14,16,18H,5-7,10-11,20H2,1-4H3. The first-order valence-corrected chi connectivity index (χ1v) is 8.40. The molecule has 1 unspecified atom stereocenters. The molecule has 0 bridgehead atoms. The highest BCUT2D eigenvalue weighted by Gasteiger charge is 2.32. The van der Waals surface area contributed by atoms with Crippen LogP contribution in [0.3, 0.4) is 0 Å². The van der Waals surface area contributed by atoms with Gasteiger partial charge in [-0.25, -0.2) is 0 Å². The van der Waals surface area contributed by atoms with Crippen molar-refractivity contribution in [2.45, 2.75) is 59.4 Å². The van der Waals surface area contributed by atoms with Crippen LogP contribution in [0.5, 0.6) is 5.75 Å². The summed E-state index contributed by atoms with van der Waals surface area (Å²) in [6, 6.07) is 8.51. The molecular weight excluding hydrogens is 258 g/mol. The zero-order valence-corrected chi connectivity index (χ0v) is 14.1. The van der Waals surface area contributed by atoms with E-state index in [2.05, 4.69) is 32.9 Å². The second-order valence-electron chi connectivity index (χ2n) is 7.51. The summed E-state index contributed by atoms with van der Waals surface area (Å²) in [7, 11) is 0. The molecule has 0 amide bonds. The Morgan fingerprint density at radius 2 is 1.67 bits per heavy atom. The lowest BCUT2D eigenvalue weighted by Crippen LogP contribution is -2.30. The average Bonchev–Trinajstić information content (AvgIpc) is 2.47. The molecule has 2 N–H and O–H groups in total. The van der Waals surface area contributed by atoms with Crippen molar-refractivity contribution in [2.24, 2.45) is 23.0 Å². The Kier molecular flexibility index (Phi) is 5.32. The first-order valence-electron chi connectivity index (χ1n) is 8.40. The maximum absolute atomic E-state index is 6.51. The average molecular weight is 289 g/mol. The predicted molar refractivity (Wildman–Crippen MR) is 89.4 cm³/mol. The molecule has 0 radical (unpaired) electrons. The summed E-state index contributed by atoms with van der Waals surface area (Å²) in [5.74, 6) is 2.41. The number of hydrogen-bond acceptors (Lipinski definition) is 2. The highest BCUT2D eigenvalue weighted by molar-refractivity contribution is 5.29. The van der Waals surface area contributed by atoms with E-state index in [0.717, 1.165) is 11.7 Å². The van der Waals surface area contributed by atoms with Gasteiger partial charge in [0, 0.05) is 6.04 Å². The summed E-state index contributed by atoms with van der Waals surface area (Å²) >= 11 is 0. The first kappa shape index (κ1) is 16.4. The molecule has 1 fully saturated rings. The fourth-order valence-electron chi connectivity index (χ4n) is 3.57. The molecule has 118 valence electrons. The van der Waals surface area contributed by atoms with Gasteiger partial charge in [-0.2, -0.15) is 0 Å². The van der Waals surface area contributed by atoms with Crippen molar-refractivity contribution >= 4 is 0 Å². The Morgan fingerprint density at radius 3 is 2.14 bits per heavy atom. The lowest BCUT2D eigenvalue weighted by Gasteiger charge is -2.38. The minimum Gasteiger partial charge on any atom is -0.494 e.